The van der Waals surface area contributed by atoms with Crippen molar-refractivity contribution in [3.63, 3.8) is 0 Å². The Bertz CT molecular complexity index is 1130. The van der Waals surface area contributed by atoms with E-state index in [1.807, 2.05) is 39.0 Å². The molecule has 0 aliphatic heterocycles. The van der Waals surface area contributed by atoms with Gasteiger partial charge in [-0.3, -0.25) is 9.38 Å². The number of halogens is 1. The summed E-state index contributed by atoms with van der Waals surface area (Å²) in [4.78, 5) is 13.9. The van der Waals surface area contributed by atoms with E-state index in [9.17, 15) is 0 Å². The number of hydrogen-bond acceptors (Lipinski definition) is 4. The Morgan fingerprint density at radius 3 is 2.52 bits per heavy atom. The number of rotatable bonds is 2. The van der Waals surface area contributed by atoms with Crippen LogP contribution in [-0.4, -0.2) is 26.5 Å². The number of methoxy groups -OCH3 is 1. The molecule has 0 amide bonds. The van der Waals surface area contributed by atoms with Crippen LogP contribution in [0, 0.1) is 20.8 Å². The van der Waals surface area contributed by atoms with Crippen molar-refractivity contribution in [1.82, 2.24) is 19.4 Å². The van der Waals surface area contributed by atoms with Gasteiger partial charge < -0.3 is 4.74 Å². The molecule has 0 unspecified atom stereocenters. The summed E-state index contributed by atoms with van der Waals surface area (Å²) in [5.74, 6) is 1.52. The predicted octanol–water partition coefficient (Wildman–Crippen LogP) is 4.53. The molecule has 25 heavy (non-hydrogen) atoms. The summed E-state index contributed by atoms with van der Waals surface area (Å²) >= 11 is 6.46. The number of fused-ring (bicyclic) bond motifs is 3. The number of aromatic nitrogens is 4. The molecule has 6 heteroatoms. The molecule has 0 bridgehead atoms. The van der Waals surface area contributed by atoms with Crippen molar-refractivity contribution in [3.05, 3.63) is 52.6 Å². The van der Waals surface area contributed by atoms with Crippen LogP contribution in [0.15, 0.2) is 30.5 Å². The first-order valence-corrected chi connectivity index (χ1v) is 8.34. The summed E-state index contributed by atoms with van der Waals surface area (Å²) in [6.07, 6.45) is 1.78. The largest absolute Gasteiger partial charge is 0.497 e. The summed E-state index contributed by atoms with van der Waals surface area (Å²) in [5, 5.41) is 0.555. The Hall–Kier alpha value is -2.66. The highest BCUT2D eigenvalue weighted by atomic mass is 35.5. The second-order valence-corrected chi connectivity index (χ2v) is 6.42. The minimum absolute atomic E-state index is 0.555. The second-order valence-electron chi connectivity index (χ2n) is 6.02. The number of imidazole rings is 1. The highest BCUT2D eigenvalue weighted by Gasteiger charge is 2.19. The standard InChI is InChI=1S/C19H17ClN4O/c1-10-14(6-5-7-21-10)19-23-12(3)18-11(2)22-17-15(20)8-13(25-4)9-16(17)24(18)19/h5-9H,1-4H3. The van der Waals surface area contributed by atoms with Gasteiger partial charge in [0.2, 0.25) is 0 Å². The monoisotopic (exact) mass is 352 g/mol. The molecule has 3 heterocycles. The van der Waals surface area contributed by atoms with Crippen LogP contribution >= 0.6 is 11.6 Å². The lowest BCUT2D eigenvalue weighted by molar-refractivity contribution is 0.415. The van der Waals surface area contributed by atoms with Crippen molar-refractivity contribution in [3.8, 4) is 17.1 Å². The van der Waals surface area contributed by atoms with Gasteiger partial charge in [0, 0.05) is 29.6 Å². The first-order valence-electron chi connectivity index (χ1n) is 7.96. The molecule has 0 fully saturated rings. The van der Waals surface area contributed by atoms with Crippen LogP contribution in [0.4, 0.5) is 0 Å². The summed E-state index contributed by atoms with van der Waals surface area (Å²) in [7, 11) is 1.63. The van der Waals surface area contributed by atoms with E-state index in [4.69, 9.17) is 26.3 Å². The summed E-state index contributed by atoms with van der Waals surface area (Å²) in [5.41, 5.74) is 6.29. The molecule has 0 saturated carbocycles. The van der Waals surface area contributed by atoms with E-state index in [2.05, 4.69) is 9.38 Å². The zero-order chi connectivity index (χ0) is 17.7. The van der Waals surface area contributed by atoms with Gasteiger partial charge in [0.05, 0.1) is 34.6 Å². The van der Waals surface area contributed by atoms with E-state index in [0.717, 1.165) is 45.0 Å². The quantitative estimate of drug-likeness (QED) is 0.531. The molecule has 1 aromatic carbocycles. The van der Waals surface area contributed by atoms with Crippen molar-refractivity contribution < 1.29 is 4.74 Å². The maximum absolute atomic E-state index is 6.46. The van der Waals surface area contributed by atoms with Crippen LogP contribution in [0.3, 0.4) is 0 Å². The van der Waals surface area contributed by atoms with Gasteiger partial charge in [0.15, 0.2) is 0 Å². The number of pyridine rings is 1. The van der Waals surface area contributed by atoms with E-state index in [1.165, 1.54) is 0 Å². The van der Waals surface area contributed by atoms with Gasteiger partial charge in [-0.15, -0.1) is 0 Å². The van der Waals surface area contributed by atoms with Crippen LogP contribution in [-0.2, 0) is 0 Å². The maximum Gasteiger partial charge on any atom is 0.147 e. The highest BCUT2D eigenvalue weighted by molar-refractivity contribution is 6.35. The number of nitrogens with zero attached hydrogens (tertiary/aromatic N) is 4. The molecule has 0 spiro atoms. The fourth-order valence-electron chi connectivity index (χ4n) is 3.27. The zero-order valence-corrected chi connectivity index (χ0v) is 15.2. The molecule has 0 atom stereocenters. The minimum Gasteiger partial charge on any atom is -0.497 e. The van der Waals surface area contributed by atoms with Crippen LogP contribution in [0.1, 0.15) is 17.1 Å². The maximum atomic E-state index is 6.46. The van der Waals surface area contributed by atoms with Gasteiger partial charge in [-0.25, -0.2) is 9.97 Å². The zero-order valence-electron chi connectivity index (χ0n) is 14.5. The number of benzene rings is 1. The molecular formula is C19H17ClN4O. The van der Waals surface area contributed by atoms with E-state index >= 15 is 0 Å². The van der Waals surface area contributed by atoms with Crippen molar-refractivity contribution in [2.45, 2.75) is 20.8 Å². The van der Waals surface area contributed by atoms with E-state index in [-0.39, 0.29) is 0 Å². The van der Waals surface area contributed by atoms with E-state index in [0.29, 0.717) is 10.8 Å². The highest BCUT2D eigenvalue weighted by Crippen LogP contribution is 2.34. The van der Waals surface area contributed by atoms with Crippen LogP contribution in [0.2, 0.25) is 5.02 Å². The average molecular weight is 353 g/mol. The Labute approximate surface area is 150 Å². The van der Waals surface area contributed by atoms with Gasteiger partial charge in [-0.05, 0) is 32.9 Å². The molecule has 126 valence electrons. The first-order chi connectivity index (χ1) is 12.0. The molecule has 0 N–H and O–H groups in total. The number of ether oxygens (including phenoxy) is 1. The minimum atomic E-state index is 0.555. The predicted molar refractivity (Wildman–Crippen MR) is 99.5 cm³/mol. The molecule has 5 nitrogen and oxygen atoms in total. The molecule has 0 radical (unpaired) electrons. The molecule has 4 aromatic rings. The van der Waals surface area contributed by atoms with Gasteiger partial charge in [-0.2, -0.15) is 0 Å². The van der Waals surface area contributed by atoms with Gasteiger partial charge >= 0.3 is 0 Å². The fraction of sp³-hybridized carbons (Fsp3) is 0.211. The SMILES string of the molecule is COc1cc(Cl)c2nc(C)c3c(C)nc(-c4cccnc4C)n3c2c1. The third-order valence-electron chi connectivity index (χ3n) is 4.42. The normalized spacial score (nSPS) is 11.4. The lowest BCUT2D eigenvalue weighted by atomic mass is 10.2. The third-order valence-corrected chi connectivity index (χ3v) is 4.70. The molecule has 3 aromatic heterocycles. The van der Waals surface area contributed by atoms with Gasteiger partial charge in [0.25, 0.3) is 0 Å². The number of hydrogen-bond donors (Lipinski definition) is 0. The summed E-state index contributed by atoms with van der Waals surface area (Å²) in [6, 6.07) is 7.67. The average Bonchev–Trinajstić information content (AvgIpc) is 2.94. The van der Waals surface area contributed by atoms with Gasteiger partial charge in [0.1, 0.15) is 17.1 Å². The number of aryl methyl sites for hydroxylation is 3. The Morgan fingerprint density at radius 2 is 1.80 bits per heavy atom. The van der Waals surface area contributed by atoms with E-state index < -0.39 is 0 Å². The Balaban J connectivity index is 2.24. The molecule has 0 aliphatic carbocycles. The summed E-state index contributed by atoms with van der Waals surface area (Å²) in [6.45, 7) is 5.95. The first kappa shape index (κ1) is 15.8. The topological polar surface area (TPSA) is 52.3 Å². The van der Waals surface area contributed by atoms with Gasteiger partial charge in [-0.1, -0.05) is 11.6 Å². The van der Waals surface area contributed by atoms with Crippen molar-refractivity contribution in [2.75, 3.05) is 7.11 Å². The lowest BCUT2D eigenvalue weighted by Gasteiger charge is -2.11. The second kappa shape index (κ2) is 5.70. The lowest BCUT2D eigenvalue weighted by Crippen LogP contribution is -2.00. The van der Waals surface area contributed by atoms with Crippen LogP contribution in [0.5, 0.6) is 5.75 Å². The fourth-order valence-corrected chi connectivity index (χ4v) is 3.52. The molecule has 0 aliphatic rings. The Morgan fingerprint density at radius 1 is 1.04 bits per heavy atom. The Kier molecular flexibility index (Phi) is 3.62. The van der Waals surface area contributed by atoms with E-state index in [1.54, 1.807) is 19.4 Å². The molecule has 4 rings (SSSR count). The van der Waals surface area contributed by atoms with Crippen molar-refractivity contribution >= 4 is 28.2 Å². The summed E-state index contributed by atoms with van der Waals surface area (Å²) < 4.78 is 7.50. The third kappa shape index (κ3) is 2.35. The molecule has 0 saturated heterocycles. The van der Waals surface area contributed by atoms with Crippen LogP contribution in [0.25, 0.3) is 27.9 Å². The van der Waals surface area contributed by atoms with Crippen molar-refractivity contribution in [2.24, 2.45) is 0 Å². The van der Waals surface area contributed by atoms with Crippen LogP contribution < -0.4 is 4.74 Å². The molecular weight excluding hydrogens is 336 g/mol. The smallest absolute Gasteiger partial charge is 0.147 e. The van der Waals surface area contributed by atoms with Crippen molar-refractivity contribution in [1.29, 1.82) is 0 Å².